The van der Waals surface area contributed by atoms with Crippen molar-refractivity contribution in [3.8, 4) is 5.75 Å². The van der Waals surface area contributed by atoms with Crippen LogP contribution in [0.1, 0.15) is 0 Å². The highest BCUT2D eigenvalue weighted by Gasteiger charge is 2.11. The number of fused-ring (bicyclic) bond motifs is 1. The number of amides is 1. The molecular formula is C19H19N3O5. The van der Waals surface area contributed by atoms with Crippen LogP contribution in [-0.4, -0.2) is 35.8 Å². The van der Waals surface area contributed by atoms with Gasteiger partial charge in [-0.1, -0.05) is 12.1 Å². The third kappa shape index (κ3) is 4.42. The summed E-state index contributed by atoms with van der Waals surface area (Å²) in [5.41, 5.74) is -0.167. The van der Waals surface area contributed by atoms with Gasteiger partial charge in [0, 0.05) is 12.8 Å². The van der Waals surface area contributed by atoms with Crippen LogP contribution in [0.5, 0.6) is 5.75 Å². The van der Waals surface area contributed by atoms with Gasteiger partial charge >= 0.3 is 5.69 Å². The topological polar surface area (TPSA) is 102 Å². The third-order valence-electron chi connectivity index (χ3n) is 3.89. The predicted molar refractivity (Wildman–Crippen MR) is 101 cm³/mol. The Bertz CT molecular complexity index is 1050. The lowest BCUT2D eigenvalue weighted by molar-refractivity contribution is -0.116. The van der Waals surface area contributed by atoms with Gasteiger partial charge in [-0.3, -0.25) is 14.2 Å². The number of nitrogens with one attached hydrogen (secondary N) is 2. The van der Waals surface area contributed by atoms with Crippen molar-refractivity contribution in [3.63, 3.8) is 0 Å². The zero-order valence-electron chi connectivity index (χ0n) is 14.7. The van der Waals surface area contributed by atoms with E-state index in [4.69, 9.17) is 9.47 Å². The van der Waals surface area contributed by atoms with E-state index < -0.39 is 17.2 Å². The molecule has 3 aromatic rings. The molecule has 0 aliphatic rings. The maximum Gasteiger partial charge on any atom is 0.329 e. The van der Waals surface area contributed by atoms with Gasteiger partial charge in [0.2, 0.25) is 5.91 Å². The second kappa shape index (κ2) is 8.33. The van der Waals surface area contributed by atoms with E-state index in [1.807, 2.05) is 0 Å². The van der Waals surface area contributed by atoms with E-state index in [1.165, 1.54) is 0 Å². The Labute approximate surface area is 154 Å². The van der Waals surface area contributed by atoms with E-state index in [-0.39, 0.29) is 6.54 Å². The van der Waals surface area contributed by atoms with Crippen molar-refractivity contribution in [2.45, 2.75) is 6.54 Å². The Morgan fingerprint density at radius 3 is 2.56 bits per heavy atom. The summed E-state index contributed by atoms with van der Waals surface area (Å²) in [4.78, 5) is 39.4. The van der Waals surface area contributed by atoms with Crippen LogP contribution in [0.2, 0.25) is 0 Å². The number of hydrogen-bond donors (Lipinski definition) is 2. The highest BCUT2D eigenvalue weighted by atomic mass is 16.5. The molecule has 140 valence electrons. The molecule has 0 saturated carbocycles. The van der Waals surface area contributed by atoms with Crippen molar-refractivity contribution in [1.29, 1.82) is 0 Å². The molecule has 0 bridgehead atoms. The average molecular weight is 369 g/mol. The Morgan fingerprint density at radius 2 is 1.81 bits per heavy atom. The van der Waals surface area contributed by atoms with Crippen LogP contribution < -0.4 is 21.3 Å². The molecule has 2 aromatic carbocycles. The maximum absolute atomic E-state index is 12.4. The SMILES string of the molecule is COCCOc1ccc(NC(=O)Cn2c(=O)[nH]c3ccccc3c2=O)cc1. The minimum absolute atomic E-state index is 0.350. The summed E-state index contributed by atoms with van der Waals surface area (Å²) in [5.74, 6) is 0.165. The molecule has 27 heavy (non-hydrogen) atoms. The highest BCUT2D eigenvalue weighted by Crippen LogP contribution is 2.15. The number of carbonyl (C=O) groups is 1. The van der Waals surface area contributed by atoms with Crippen molar-refractivity contribution >= 4 is 22.5 Å². The fraction of sp³-hybridized carbons (Fsp3) is 0.211. The molecule has 8 nitrogen and oxygen atoms in total. The van der Waals surface area contributed by atoms with Gasteiger partial charge in [-0.25, -0.2) is 4.79 Å². The Hall–Kier alpha value is -3.39. The molecule has 0 aliphatic heterocycles. The molecule has 1 heterocycles. The standard InChI is InChI=1S/C19H19N3O5/c1-26-10-11-27-14-8-6-13(7-9-14)20-17(23)12-22-18(24)15-4-2-3-5-16(15)21-19(22)25/h2-9H,10-12H2,1H3,(H,20,23)(H,21,25). The van der Waals surface area contributed by atoms with Crippen LogP contribution in [0.15, 0.2) is 58.1 Å². The number of ether oxygens (including phenoxy) is 2. The Kier molecular flexibility index (Phi) is 5.68. The molecule has 0 fully saturated rings. The summed E-state index contributed by atoms with van der Waals surface area (Å²) in [6.07, 6.45) is 0. The molecule has 0 radical (unpaired) electrons. The van der Waals surface area contributed by atoms with Gasteiger partial charge in [-0.2, -0.15) is 0 Å². The van der Waals surface area contributed by atoms with E-state index >= 15 is 0 Å². The van der Waals surface area contributed by atoms with Crippen molar-refractivity contribution in [3.05, 3.63) is 69.4 Å². The lowest BCUT2D eigenvalue weighted by Crippen LogP contribution is -2.38. The zero-order chi connectivity index (χ0) is 19.2. The molecule has 0 atom stereocenters. The van der Waals surface area contributed by atoms with E-state index in [1.54, 1.807) is 55.6 Å². The first kappa shape index (κ1) is 18.4. The molecule has 0 unspecified atom stereocenters. The van der Waals surface area contributed by atoms with Gasteiger partial charge in [-0.15, -0.1) is 0 Å². The number of anilines is 1. The summed E-state index contributed by atoms with van der Waals surface area (Å²) in [5, 5.41) is 3.01. The Balaban J connectivity index is 1.70. The first-order valence-corrected chi connectivity index (χ1v) is 8.32. The van der Waals surface area contributed by atoms with Gasteiger partial charge < -0.3 is 19.8 Å². The smallest absolute Gasteiger partial charge is 0.329 e. The normalized spacial score (nSPS) is 10.7. The fourth-order valence-electron chi connectivity index (χ4n) is 2.56. The molecule has 3 rings (SSSR count). The minimum Gasteiger partial charge on any atom is -0.491 e. The molecule has 1 aromatic heterocycles. The second-order valence-electron chi connectivity index (χ2n) is 5.78. The van der Waals surface area contributed by atoms with E-state index in [0.717, 1.165) is 4.57 Å². The molecular weight excluding hydrogens is 350 g/mol. The van der Waals surface area contributed by atoms with Gasteiger partial charge in [0.05, 0.1) is 17.5 Å². The van der Waals surface area contributed by atoms with Crippen LogP contribution in [-0.2, 0) is 16.1 Å². The van der Waals surface area contributed by atoms with Crippen molar-refractivity contribution in [2.75, 3.05) is 25.6 Å². The minimum atomic E-state index is -0.629. The summed E-state index contributed by atoms with van der Waals surface area (Å²) >= 11 is 0. The van der Waals surface area contributed by atoms with Crippen molar-refractivity contribution in [1.82, 2.24) is 9.55 Å². The van der Waals surface area contributed by atoms with Crippen molar-refractivity contribution in [2.24, 2.45) is 0 Å². The number of benzene rings is 2. The monoisotopic (exact) mass is 369 g/mol. The first-order chi connectivity index (χ1) is 13.1. The fourth-order valence-corrected chi connectivity index (χ4v) is 2.56. The number of hydrogen-bond acceptors (Lipinski definition) is 5. The number of aromatic nitrogens is 2. The Morgan fingerprint density at radius 1 is 1.07 bits per heavy atom. The summed E-state index contributed by atoms with van der Waals surface area (Å²) in [7, 11) is 1.59. The number of aromatic amines is 1. The van der Waals surface area contributed by atoms with Gasteiger partial charge in [-0.05, 0) is 36.4 Å². The summed E-state index contributed by atoms with van der Waals surface area (Å²) < 4.78 is 11.2. The molecule has 0 saturated heterocycles. The number of para-hydroxylation sites is 1. The maximum atomic E-state index is 12.4. The highest BCUT2D eigenvalue weighted by molar-refractivity contribution is 5.90. The second-order valence-corrected chi connectivity index (χ2v) is 5.78. The number of H-pyrrole nitrogens is 1. The van der Waals surface area contributed by atoms with Gasteiger partial charge in [0.25, 0.3) is 5.56 Å². The van der Waals surface area contributed by atoms with Crippen LogP contribution >= 0.6 is 0 Å². The van der Waals surface area contributed by atoms with Gasteiger partial charge in [0.15, 0.2) is 0 Å². The molecule has 0 aliphatic carbocycles. The first-order valence-electron chi connectivity index (χ1n) is 8.32. The van der Waals surface area contributed by atoms with Crippen LogP contribution in [0.3, 0.4) is 0 Å². The van der Waals surface area contributed by atoms with Crippen molar-refractivity contribution < 1.29 is 14.3 Å². The lowest BCUT2D eigenvalue weighted by atomic mass is 10.2. The lowest BCUT2D eigenvalue weighted by Gasteiger charge is -2.09. The van der Waals surface area contributed by atoms with E-state index in [9.17, 15) is 14.4 Å². The number of carbonyl (C=O) groups excluding carboxylic acids is 1. The van der Waals surface area contributed by atoms with E-state index in [0.29, 0.717) is 35.6 Å². The largest absolute Gasteiger partial charge is 0.491 e. The third-order valence-corrected chi connectivity index (χ3v) is 3.89. The predicted octanol–water partition coefficient (Wildman–Crippen LogP) is 1.35. The molecule has 1 amide bonds. The number of rotatable bonds is 7. The number of nitrogens with zero attached hydrogens (tertiary/aromatic N) is 1. The molecule has 8 heteroatoms. The molecule has 0 spiro atoms. The van der Waals surface area contributed by atoms with Crippen LogP contribution in [0.4, 0.5) is 5.69 Å². The average Bonchev–Trinajstić information content (AvgIpc) is 2.67. The quantitative estimate of drug-likeness (QED) is 0.612. The summed E-state index contributed by atoms with van der Waals surface area (Å²) in [6, 6.07) is 13.4. The number of methoxy groups -OCH3 is 1. The van der Waals surface area contributed by atoms with Crippen LogP contribution in [0, 0.1) is 0 Å². The zero-order valence-corrected chi connectivity index (χ0v) is 14.7. The van der Waals surface area contributed by atoms with Gasteiger partial charge in [0.1, 0.15) is 18.9 Å². The molecule has 2 N–H and O–H groups in total. The summed E-state index contributed by atoms with van der Waals surface area (Å²) in [6.45, 7) is 0.522. The van der Waals surface area contributed by atoms with E-state index in [2.05, 4.69) is 10.3 Å². The van der Waals surface area contributed by atoms with Crippen LogP contribution in [0.25, 0.3) is 10.9 Å².